The van der Waals surface area contributed by atoms with Gasteiger partial charge < -0.3 is 58.3 Å². The van der Waals surface area contributed by atoms with Gasteiger partial charge in [0, 0.05) is 17.9 Å². The van der Waals surface area contributed by atoms with Crippen molar-refractivity contribution < 1.29 is 96.7 Å². The molecule has 0 radical (unpaired) electrons. The molecule has 0 saturated carbocycles. The molecular weight excluding hydrogens is 1560 g/mol. The van der Waals surface area contributed by atoms with Crippen LogP contribution in [0, 0.1) is 0 Å². The molecule has 0 spiro atoms. The topological polar surface area (TPSA) is 291 Å². The molecule has 0 unspecified atom stereocenters. The summed E-state index contributed by atoms with van der Waals surface area (Å²) in [7, 11) is 0. The molecular formula is C50H30Br8O20. The summed E-state index contributed by atoms with van der Waals surface area (Å²) in [4.78, 5) is 105. The molecule has 406 valence electrons. The maximum atomic E-state index is 13.3. The van der Waals surface area contributed by atoms with Crippen molar-refractivity contribution in [2.45, 2.75) is 0 Å². The van der Waals surface area contributed by atoms with E-state index in [4.69, 9.17) is 37.9 Å². The molecule has 0 heterocycles. The molecule has 0 atom stereocenters. The number of esters is 8. The van der Waals surface area contributed by atoms with Gasteiger partial charge in [-0.25, -0.2) is 38.4 Å². The molecule has 0 saturated heterocycles. The molecule has 0 aliphatic rings. The first-order valence-electron chi connectivity index (χ1n) is 21.4. The number of ether oxygens (including phenoxy) is 8. The fraction of sp³-hybridized carbons (Fsp3) is 0.120. The number of rotatable bonds is 19. The van der Waals surface area contributed by atoms with Crippen molar-refractivity contribution in [3.8, 4) is 34.5 Å². The highest BCUT2D eigenvalue weighted by Gasteiger charge is 2.28. The Labute approximate surface area is 506 Å². The third kappa shape index (κ3) is 16.5. The summed E-state index contributed by atoms with van der Waals surface area (Å²) >= 11 is 25.1. The van der Waals surface area contributed by atoms with Gasteiger partial charge in [-0.05, 0) is 149 Å². The van der Waals surface area contributed by atoms with Crippen LogP contribution in [0.1, 0.15) is 82.9 Å². The summed E-state index contributed by atoms with van der Waals surface area (Å²) in [5.41, 5.74) is -3.19. The lowest BCUT2D eigenvalue weighted by molar-refractivity contribution is 0.0272. The zero-order chi connectivity index (χ0) is 57.1. The molecule has 0 fully saturated rings. The fourth-order valence-corrected chi connectivity index (χ4v) is 11.2. The van der Waals surface area contributed by atoms with E-state index in [1.165, 1.54) is 48.5 Å². The van der Waals surface area contributed by atoms with E-state index in [1.807, 2.05) is 0 Å². The number of carbonyl (C=O) groups excluding carboxylic acids is 8. The lowest BCUT2D eigenvalue weighted by atomic mass is 10.1. The second kappa shape index (κ2) is 28.0. The van der Waals surface area contributed by atoms with Gasteiger partial charge in [0.25, 0.3) is 0 Å². The quantitative estimate of drug-likeness (QED) is 0.0254. The van der Waals surface area contributed by atoms with E-state index in [2.05, 4.69) is 127 Å². The van der Waals surface area contributed by atoms with Crippen molar-refractivity contribution in [1.29, 1.82) is 0 Å². The molecule has 0 aromatic heterocycles. The van der Waals surface area contributed by atoms with E-state index in [1.54, 1.807) is 0 Å². The first kappa shape index (κ1) is 61.6. The summed E-state index contributed by atoms with van der Waals surface area (Å²) in [5, 5.41) is 41.6. The van der Waals surface area contributed by atoms with E-state index in [0.717, 1.165) is 36.4 Å². The molecule has 0 aliphatic carbocycles. The molecule has 0 amide bonds. The van der Waals surface area contributed by atoms with Crippen LogP contribution in [0.3, 0.4) is 0 Å². The standard InChI is InChI=1S/C50H30Br8O20/c51-25-13-31(39(59)35(55)17-25)47(67)75-43(63)21-7-22(44(64)76-48(68)32-14-26(52)18-36(56)40(32)60)10-29(9-21)73-5-3-71-1-2-72-4-6-74-30-11-23(45(65)77-49(69)33-15-27(53)19-37(57)41(33)61)8-24(12-30)46(66)78-50(70)34-16-28(54)20-38(58)42(34)62/h7-20,59-62H,1-6H2. The van der Waals surface area contributed by atoms with Crippen molar-refractivity contribution in [1.82, 2.24) is 0 Å². The van der Waals surface area contributed by atoms with Crippen LogP contribution >= 0.6 is 127 Å². The highest BCUT2D eigenvalue weighted by molar-refractivity contribution is 9.12. The third-order valence-corrected chi connectivity index (χ3v) is 14.1. The molecule has 6 aromatic rings. The second-order valence-electron chi connectivity index (χ2n) is 15.3. The predicted octanol–water partition coefficient (Wildman–Crippen LogP) is 12.1. The number of hydrogen-bond donors (Lipinski definition) is 4. The summed E-state index contributed by atoms with van der Waals surface area (Å²) in [6, 6.07) is 17.0. The monoisotopic (exact) mass is 1580 g/mol. The van der Waals surface area contributed by atoms with Gasteiger partial charge in [0.1, 0.15) is 70.0 Å². The Kier molecular flexibility index (Phi) is 22.2. The van der Waals surface area contributed by atoms with Gasteiger partial charge in [0.15, 0.2) is 0 Å². The van der Waals surface area contributed by atoms with E-state index >= 15 is 0 Å². The Bertz CT molecular complexity index is 3000. The average Bonchev–Trinajstić information content (AvgIpc) is 3.39. The van der Waals surface area contributed by atoms with Crippen LogP contribution in [0.15, 0.2) is 121 Å². The third-order valence-electron chi connectivity index (χ3n) is 9.85. The zero-order valence-corrected chi connectivity index (χ0v) is 51.4. The van der Waals surface area contributed by atoms with Crippen molar-refractivity contribution in [2.75, 3.05) is 39.6 Å². The first-order valence-corrected chi connectivity index (χ1v) is 27.7. The molecule has 0 aliphatic heterocycles. The van der Waals surface area contributed by atoms with Crippen LogP contribution < -0.4 is 9.47 Å². The van der Waals surface area contributed by atoms with Gasteiger partial charge in [-0.15, -0.1) is 0 Å². The Balaban J connectivity index is 1.06. The highest BCUT2D eigenvalue weighted by Crippen LogP contribution is 2.36. The molecule has 6 rings (SSSR count). The Hall–Kier alpha value is -5.56. The van der Waals surface area contributed by atoms with Gasteiger partial charge in [-0.1, -0.05) is 63.7 Å². The summed E-state index contributed by atoms with van der Waals surface area (Å²) in [6.07, 6.45) is 0. The van der Waals surface area contributed by atoms with Crippen LogP contribution in [0.2, 0.25) is 0 Å². The van der Waals surface area contributed by atoms with Crippen molar-refractivity contribution in [3.63, 3.8) is 0 Å². The summed E-state index contributed by atoms with van der Waals surface area (Å²) < 4.78 is 44.5. The van der Waals surface area contributed by atoms with Crippen molar-refractivity contribution in [2.24, 2.45) is 0 Å². The summed E-state index contributed by atoms with van der Waals surface area (Å²) in [5.74, 6) is -12.5. The van der Waals surface area contributed by atoms with Crippen molar-refractivity contribution in [3.05, 3.63) is 165 Å². The maximum absolute atomic E-state index is 13.3. The number of halogens is 8. The number of hydrogen-bond acceptors (Lipinski definition) is 20. The van der Waals surface area contributed by atoms with E-state index in [9.17, 15) is 58.8 Å². The van der Waals surface area contributed by atoms with Gasteiger partial charge in [0.05, 0.1) is 66.6 Å². The fourth-order valence-electron chi connectivity index (χ4n) is 6.27. The van der Waals surface area contributed by atoms with E-state index < -0.39 is 93.0 Å². The van der Waals surface area contributed by atoms with Crippen molar-refractivity contribution >= 4 is 175 Å². The molecule has 6 aromatic carbocycles. The highest BCUT2D eigenvalue weighted by atomic mass is 79.9. The number of carbonyl (C=O) groups is 8. The normalized spacial score (nSPS) is 10.8. The molecule has 20 nitrogen and oxygen atoms in total. The number of aromatic hydroxyl groups is 4. The second-order valence-corrected chi connectivity index (χ2v) is 22.3. The van der Waals surface area contributed by atoms with Crippen LogP contribution in [0.25, 0.3) is 0 Å². The maximum Gasteiger partial charge on any atom is 0.349 e. The molecule has 28 heteroatoms. The number of phenolic OH excluding ortho intramolecular Hbond substituents is 4. The Morgan fingerprint density at radius 1 is 0.295 bits per heavy atom. The van der Waals surface area contributed by atoms with Crippen LogP contribution in [0.4, 0.5) is 0 Å². The first-order chi connectivity index (χ1) is 36.9. The predicted molar refractivity (Wildman–Crippen MR) is 299 cm³/mol. The van der Waals surface area contributed by atoms with Crippen LogP contribution in [-0.4, -0.2) is 108 Å². The van der Waals surface area contributed by atoms with E-state index in [-0.39, 0.29) is 91.3 Å². The van der Waals surface area contributed by atoms with Gasteiger partial charge in [0.2, 0.25) is 0 Å². The minimum atomic E-state index is -1.29. The summed E-state index contributed by atoms with van der Waals surface area (Å²) in [6.45, 7) is -0.605. The number of benzene rings is 6. The lowest BCUT2D eigenvalue weighted by Crippen LogP contribution is -2.17. The largest absolute Gasteiger partial charge is 0.506 e. The van der Waals surface area contributed by atoms with Gasteiger partial charge >= 0.3 is 47.8 Å². The number of phenols is 4. The Morgan fingerprint density at radius 2 is 0.513 bits per heavy atom. The smallest absolute Gasteiger partial charge is 0.349 e. The molecule has 4 N–H and O–H groups in total. The van der Waals surface area contributed by atoms with Gasteiger partial charge in [-0.3, -0.25) is 0 Å². The van der Waals surface area contributed by atoms with E-state index in [0.29, 0.717) is 17.9 Å². The Morgan fingerprint density at radius 3 is 0.744 bits per heavy atom. The lowest BCUT2D eigenvalue weighted by Gasteiger charge is -2.13. The zero-order valence-electron chi connectivity index (χ0n) is 38.7. The minimum Gasteiger partial charge on any atom is -0.506 e. The average molecular weight is 1590 g/mol. The minimum absolute atomic E-state index is 0.0117. The molecule has 78 heavy (non-hydrogen) atoms. The SMILES string of the molecule is O=C(OC(=O)c1cc(Br)cc(Br)c1O)c1cc(OCCOCCOCCOc2cc(C(=O)OC(=O)c3cc(Br)cc(Br)c3O)cc(C(=O)OC(=O)c3cc(Br)cc(Br)c3O)c2)cc(C(=O)OC(=O)c2cc(Br)cc(Br)c2O)c1. The van der Waals surface area contributed by atoms with Crippen LogP contribution in [0.5, 0.6) is 34.5 Å². The van der Waals surface area contributed by atoms with Crippen LogP contribution in [-0.2, 0) is 28.4 Å². The molecule has 0 bridgehead atoms. The van der Waals surface area contributed by atoms with Gasteiger partial charge in [-0.2, -0.15) is 0 Å².